The van der Waals surface area contributed by atoms with Crippen molar-refractivity contribution in [2.24, 2.45) is 28.2 Å². The first-order valence-electron chi connectivity index (χ1n) is 29.5. The fraction of sp³-hybridized carbons (Fsp3) is 0.746. The van der Waals surface area contributed by atoms with Crippen molar-refractivity contribution < 1.29 is 62.0 Å². The van der Waals surface area contributed by atoms with Gasteiger partial charge in [-0.2, -0.15) is 0 Å². The average molecular weight is 1140 g/mol. The number of likely N-dealkylation sites (N-methyl/N-ethyl adjacent to an activating group) is 1. The number of nitrogens with zero attached hydrogens (tertiary/aromatic N) is 2. The minimum Gasteiger partial charge on any atom is -0.445 e. The molecule has 8 amide bonds. The Balaban J connectivity index is 1.28. The van der Waals surface area contributed by atoms with Crippen molar-refractivity contribution >= 4 is 53.8 Å². The lowest BCUT2D eigenvalue weighted by molar-refractivity contribution is -0.148. The van der Waals surface area contributed by atoms with Gasteiger partial charge in [0, 0.05) is 13.1 Å². The Morgan fingerprint density at radius 3 is 1.95 bits per heavy atom. The van der Waals surface area contributed by atoms with Crippen LogP contribution in [0.15, 0.2) is 35.3 Å². The van der Waals surface area contributed by atoms with Crippen LogP contribution >= 0.6 is 0 Å². The summed E-state index contributed by atoms with van der Waals surface area (Å²) in [5, 5.41) is 19.2. The van der Waals surface area contributed by atoms with Gasteiger partial charge in [0.2, 0.25) is 35.5 Å². The summed E-state index contributed by atoms with van der Waals surface area (Å²) in [5.74, 6) is -3.72. The van der Waals surface area contributed by atoms with Gasteiger partial charge in [-0.1, -0.05) is 82.7 Å². The number of hydrogen-bond acceptors (Lipinski definition) is 14. The molecule has 7 atom stereocenters. The first kappa shape index (κ1) is 64.1. The number of amides is 8. The summed E-state index contributed by atoms with van der Waals surface area (Å²) in [5.41, 5.74) is -0.587. The number of rotatable bonds is 13. The second-order valence-electron chi connectivity index (χ2n) is 25.3. The predicted octanol–water partition coefficient (Wildman–Crippen LogP) is 6.43. The number of aliphatic imine (C=N–C) groups is 1. The Morgan fingerprint density at radius 2 is 1.37 bits per heavy atom. The number of ether oxygens (including phenoxy) is 5. The topological polar surface area (TPSA) is 283 Å². The Labute approximate surface area is 478 Å². The largest absolute Gasteiger partial charge is 0.445 e. The van der Waals surface area contributed by atoms with Crippen molar-refractivity contribution in [2.45, 2.75) is 231 Å². The number of nitrogens with one attached hydrogen (secondary N) is 7. The predicted molar refractivity (Wildman–Crippen MR) is 302 cm³/mol. The summed E-state index contributed by atoms with van der Waals surface area (Å²) in [6.07, 6.45) is 9.06. The normalized spacial score (nSPS) is 27.5. The van der Waals surface area contributed by atoms with Crippen LogP contribution in [0.2, 0.25) is 0 Å². The first-order chi connectivity index (χ1) is 38.3. The number of guanidine groups is 1. The standard InChI is InChI=1S/C59H93N9O13/c1-11-20-45-50(71)65-47(40-23-17-12-13-18-24-40)51(72)63-43(32-60-54(74)79-34-38-21-15-14-16-22-38)48(69)64-44(35-77-42-28-41(29-42)62-53(66-55(75)80-57(4,5)6)67-56(76)81-58(7,8)9)49(70)61-36(2)33-78-46(37(3)52(73)68(45)10)27-39-30-59(31-39)25-19-26-59/h14-16,21-22,36-37,39-47H,11-13,17-20,23-35H2,1-10H3,(H,60,74)(H,61,70)(H,63,72)(H,64,69)(H,65,71)(H2,62,66,67,75,76)/t36-,37-,41?,42?,43+,44+,45+,46-,47+/m1/s1. The van der Waals surface area contributed by atoms with E-state index in [-0.39, 0.29) is 37.6 Å². The van der Waals surface area contributed by atoms with E-state index in [9.17, 15) is 38.4 Å². The van der Waals surface area contributed by atoms with E-state index < -0.39 is 114 Å². The maximum atomic E-state index is 14.9. The molecule has 1 aliphatic heterocycles. The molecule has 1 saturated heterocycles. The van der Waals surface area contributed by atoms with Crippen LogP contribution in [0.4, 0.5) is 14.4 Å². The highest BCUT2D eigenvalue weighted by Gasteiger charge is 2.49. The number of benzene rings is 1. The minimum atomic E-state index is -1.50. The third kappa shape index (κ3) is 20.1. The monoisotopic (exact) mass is 1140 g/mol. The fourth-order valence-electron chi connectivity index (χ4n) is 11.5. The van der Waals surface area contributed by atoms with Gasteiger partial charge in [0.05, 0.1) is 43.9 Å². The molecule has 6 rings (SSSR count). The van der Waals surface area contributed by atoms with Gasteiger partial charge < -0.3 is 55.2 Å². The first-order valence-corrected chi connectivity index (χ1v) is 29.5. The van der Waals surface area contributed by atoms with Crippen molar-refractivity contribution in [3.05, 3.63) is 35.9 Å². The number of carbonyl (C=O) groups is 8. The zero-order valence-corrected chi connectivity index (χ0v) is 49.6. The quantitative estimate of drug-likeness (QED) is 0.0486. The summed E-state index contributed by atoms with van der Waals surface area (Å²) in [4.78, 5) is 118. The highest BCUT2D eigenvalue weighted by Crippen LogP contribution is 2.60. The van der Waals surface area contributed by atoms with E-state index in [1.54, 1.807) is 79.8 Å². The third-order valence-electron chi connectivity index (χ3n) is 16.0. The lowest BCUT2D eigenvalue weighted by atomic mass is 9.51. The van der Waals surface area contributed by atoms with E-state index in [0.717, 1.165) is 44.1 Å². The molecule has 81 heavy (non-hydrogen) atoms. The SMILES string of the molecule is CCC[C@H]1C(=O)N[C@@H](C2CCCCCC2)C(=O)N[C@@H](CNC(=O)OCc2ccccc2)C(=O)N[C@@H](COC2CC(N=C(NC(=O)OC(C)(C)C)NC(=O)OC(C)(C)C)C2)C(=O)N[C@H](C)CO[C@H](CC2CC3(CCC3)C2)[C@@H](C)C(=O)N1C. The van der Waals surface area contributed by atoms with Gasteiger partial charge in [-0.15, -0.1) is 0 Å². The molecule has 0 radical (unpaired) electrons. The molecule has 22 nitrogen and oxygen atoms in total. The van der Waals surface area contributed by atoms with Gasteiger partial charge >= 0.3 is 18.3 Å². The van der Waals surface area contributed by atoms with Crippen LogP contribution in [0.5, 0.6) is 0 Å². The van der Waals surface area contributed by atoms with Crippen molar-refractivity contribution in [1.82, 2.24) is 42.1 Å². The second-order valence-corrected chi connectivity index (χ2v) is 25.3. The summed E-state index contributed by atoms with van der Waals surface area (Å²) in [7, 11) is 1.63. The van der Waals surface area contributed by atoms with Crippen LogP contribution in [0, 0.1) is 23.2 Å². The molecule has 22 heteroatoms. The van der Waals surface area contributed by atoms with Crippen LogP contribution in [-0.4, -0.2) is 145 Å². The van der Waals surface area contributed by atoms with E-state index in [4.69, 9.17) is 23.7 Å². The Kier molecular flexibility index (Phi) is 23.2. The van der Waals surface area contributed by atoms with Crippen LogP contribution in [0.3, 0.4) is 0 Å². The lowest BCUT2D eigenvalue weighted by Crippen LogP contribution is -2.62. The lowest BCUT2D eigenvalue weighted by Gasteiger charge is -2.55. The van der Waals surface area contributed by atoms with E-state index >= 15 is 0 Å². The van der Waals surface area contributed by atoms with E-state index in [1.165, 1.54) is 24.2 Å². The van der Waals surface area contributed by atoms with Crippen molar-refractivity contribution in [1.29, 1.82) is 0 Å². The molecule has 7 N–H and O–H groups in total. The van der Waals surface area contributed by atoms with Crippen LogP contribution < -0.4 is 37.2 Å². The second kappa shape index (κ2) is 29.3. The zero-order valence-electron chi connectivity index (χ0n) is 49.6. The molecule has 5 fully saturated rings. The van der Waals surface area contributed by atoms with Gasteiger partial charge in [0.25, 0.3) is 0 Å². The molecule has 1 heterocycles. The minimum absolute atomic E-state index is 0.0199. The van der Waals surface area contributed by atoms with Gasteiger partial charge in [-0.05, 0) is 135 Å². The molecule has 0 bridgehead atoms. The Morgan fingerprint density at radius 1 is 0.765 bits per heavy atom. The maximum Gasteiger partial charge on any atom is 0.414 e. The number of hydrogen-bond donors (Lipinski definition) is 7. The highest BCUT2D eigenvalue weighted by molar-refractivity contribution is 6.01. The molecular weight excluding hydrogens is 1040 g/mol. The van der Waals surface area contributed by atoms with Crippen molar-refractivity contribution in [3.63, 3.8) is 0 Å². The van der Waals surface area contributed by atoms with Gasteiger partial charge in [-0.25, -0.2) is 19.4 Å². The molecule has 4 saturated carbocycles. The number of carbonyl (C=O) groups excluding carboxylic acids is 8. The van der Waals surface area contributed by atoms with E-state index in [0.29, 0.717) is 56.3 Å². The van der Waals surface area contributed by atoms with E-state index in [2.05, 4.69) is 42.2 Å². The molecule has 1 spiro atoms. The fourth-order valence-corrected chi connectivity index (χ4v) is 11.5. The molecule has 1 aromatic carbocycles. The van der Waals surface area contributed by atoms with Crippen LogP contribution in [-0.2, 0) is 54.3 Å². The van der Waals surface area contributed by atoms with Gasteiger partial charge in [-0.3, -0.25) is 34.6 Å². The summed E-state index contributed by atoms with van der Waals surface area (Å²) >= 11 is 0. The average Bonchev–Trinajstić information content (AvgIpc) is 3.65. The molecule has 452 valence electrons. The molecular formula is C59H93N9O13. The van der Waals surface area contributed by atoms with E-state index in [1.807, 2.05) is 19.9 Å². The Hall–Kier alpha value is -6.03. The summed E-state index contributed by atoms with van der Waals surface area (Å²) in [6, 6.07) is 3.02. The zero-order chi connectivity index (χ0) is 59.1. The smallest absolute Gasteiger partial charge is 0.414 e. The summed E-state index contributed by atoms with van der Waals surface area (Å²) in [6.45, 7) is 14.8. The maximum absolute atomic E-state index is 14.9. The number of alkyl carbamates (subject to hydrolysis) is 3. The van der Waals surface area contributed by atoms with Crippen molar-refractivity contribution in [2.75, 3.05) is 26.8 Å². The van der Waals surface area contributed by atoms with Crippen LogP contribution in [0.1, 0.15) is 171 Å². The molecule has 0 aromatic heterocycles. The van der Waals surface area contributed by atoms with Crippen LogP contribution in [0.25, 0.3) is 0 Å². The van der Waals surface area contributed by atoms with Gasteiger partial charge in [0.1, 0.15) is 42.0 Å². The third-order valence-corrected chi connectivity index (χ3v) is 16.0. The van der Waals surface area contributed by atoms with Gasteiger partial charge in [0.15, 0.2) is 0 Å². The summed E-state index contributed by atoms with van der Waals surface area (Å²) < 4.78 is 29.2. The molecule has 0 unspecified atom stereocenters. The molecule has 4 aliphatic carbocycles. The highest BCUT2D eigenvalue weighted by atomic mass is 16.6. The van der Waals surface area contributed by atoms with Crippen molar-refractivity contribution in [3.8, 4) is 0 Å². The Bertz CT molecular complexity index is 2300. The molecule has 1 aromatic rings. The molecule has 5 aliphatic rings.